The van der Waals surface area contributed by atoms with Gasteiger partial charge in [-0.15, -0.1) is 0 Å². The first kappa shape index (κ1) is 16.0. The Hall–Kier alpha value is -2.46. The number of nitrogens with zero attached hydrogens (tertiary/aromatic N) is 4. The zero-order chi connectivity index (χ0) is 17.4. The van der Waals surface area contributed by atoms with E-state index < -0.39 is 0 Å². The summed E-state index contributed by atoms with van der Waals surface area (Å²) in [5.41, 5.74) is 1.71. The number of anilines is 2. The molecule has 0 bridgehead atoms. The van der Waals surface area contributed by atoms with Gasteiger partial charge < -0.3 is 4.90 Å². The molecule has 7 heteroatoms. The summed E-state index contributed by atoms with van der Waals surface area (Å²) in [5.74, 6) is 0.814. The lowest BCUT2D eigenvalue weighted by molar-refractivity contribution is -0.117. The van der Waals surface area contributed by atoms with Crippen LogP contribution in [0.2, 0.25) is 0 Å². The summed E-state index contributed by atoms with van der Waals surface area (Å²) < 4.78 is 4.40. The lowest BCUT2D eigenvalue weighted by Crippen LogP contribution is -2.39. The lowest BCUT2D eigenvalue weighted by atomic mass is 10.1. The highest BCUT2D eigenvalue weighted by Crippen LogP contribution is 2.46. The van der Waals surface area contributed by atoms with E-state index in [2.05, 4.69) is 32.6 Å². The number of nitrogens with one attached hydrogen (secondary N) is 1. The zero-order valence-electron chi connectivity index (χ0n) is 14.0. The van der Waals surface area contributed by atoms with Gasteiger partial charge in [0.1, 0.15) is 6.04 Å². The van der Waals surface area contributed by atoms with Crippen LogP contribution < -0.4 is 10.2 Å². The maximum atomic E-state index is 12.7. The largest absolute Gasteiger partial charge is 0.360 e. The van der Waals surface area contributed by atoms with Crippen molar-refractivity contribution >= 4 is 28.3 Å². The zero-order valence-corrected chi connectivity index (χ0v) is 14.8. The molecule has 128 valence electrons. The van der Waals surface area contributed by atoms with E-state index in [-0.39, 0.29) is 17.4 Å². The molecule has 1 aliphatic carbocycles. The Morgan fingerprint density at radius 1 is 1.40 bits per heavy atom. The number of hydrogen-bond acceptors (Lipinski definition) is 6. The quantitative estimate of drug-likeness (QED) is 0.913. The smallest absolute Gasteiger partial charge is 0.248 e. The Bertz CT molecular complexity index is 834. The van der Waals surface area contributed by atoms with E-state index >= 15 is 0 Å². The molecule has 2 heterocycles. The normalized spacial score (nSPS) is 21.0. The molecule has 1 saturated carbocycles. The van der Waals surface area contributed by atoms with Crippen molar-refractivity contribution < 1.29 is 4.79 Å². The molecule has 1 aromatic carbocycles. The van der Waals surface area contributed by atoms with Crippen LogP contribution in [0.3, 0.4) is 0 Å². The maximum absolute atomic E-state index is 12.7. The molecule has 0 unspecified atom stereocenters. The Morgan fingerprint density at radius 3 is 2.84 bits per heavy atom. The molecule has 1 aromatic heterocycles. The molecule has 1 N–H and O–H groups in total. The van der Waals surface area contributed by atoms with E-state index in [1.54, 1.807) is 12.1 Å². The van der Waals surface area contributed by atoms with E-state index in [0.717, 1.165) is 43.7 Å². The number of nitriles is 1. The van der Waals surface area contributed by atoms with Gasteiger partial charge in [0.05, 0.1) is 11.6 Å². The minimum absolute atomic E-state index is 0.0366. The first-order valence-corrected chi connectivity index (χ1v) is 9.28. The van der Waals surface area contributed by atoms with Crippen LogP contribution in [0, 0.1) is 11.3 Å². The first-order valence-electron chi connectivity index (χ1n) is 8.51. The SMILES string of the molecule is CC1(c2nsc(NC(=O)[C@@H]3CCCN3c3ccc(C#N)cc3)n2)CC1. The summed E-state index contributed by atoms with van der Waals surface area (Å²) in [7, 11) is 0. The van der Waals surface area contributed by atoms with Crippen LogP contribution in [0.1, 0.15) is 44.0 Å². The molecule has 25 heavy (non-hydrogen) atoms. The first-order chi connectivity index (χ1) is 12.1. The number of rotatable bonds is 4. The second-order valence-corrected chi connectivity index (χ2v) is 7.73. The number of benzene rings is 1. The number of carbonyl (C=O) groups is 1. The second-order valence-electron chi connectivity index (χ2n) is 6.98. The molecule has 4 rings (SSSR count). The van der Waals surface area contributed by atoms with Crippen LogP contribution in [0.15, 0.2) is 24.3 Å². The van der Waals surface area contributed by atoms with Crippen molar-refractivity contribution in [1.29, 1.82) is 5.26 Å². The van der Waals surface area contributed by atoms with E-state index in [4.69, 9.17) is 5.26 Å². The molecule has 6 nitrogen and oxygen atoms in total. The van der Waals surface area contributed by atoms with E-state index in [1.807, 2.05) is 12.1 Å². The summed E-state index contributed by atoms with van der Waals surface area (Å²) in [5, 5.41) is 12.4. The topological polar surface area (TPSA) is 81.9 Å². The number of aromatic nitrogens is 2. The second kappa shape index (κ2) is 6.12. The fraction of sp³-hybridized carbons (Fsp3) is 0.444. The van der Waals surface area contributed by atoms with E-state index in [0.29, 0.717) is 10.7 Å². The molecule has 0 spiro atoms. The van der Waals surface area contributed by atoms with Gasteiger partial charge in [0.2, 0.25) is 11.0 Å². The number of amides is 1. The Morgan fingerprint density at radius 2 is 2.16 bits per heavy atom. The predicted molar refractivity (Wildman–Crippen MR) is 96.6 cm³/mol. The summed E-state index contributed by atoms with van der Waals surface area (Å²) in [6.07, 6.45) is 4.02. The van der Waals surface area contributed by atoms with E-state index in [9.17, 15) is 4.79 Å². The summed E-state index contributed by atoms with van der Waals surface area (Å²) in [6, 6.07) is 9.29. The number of carbonyl (C=O) groups excluding carboxylic acids is 1. The molecule has 1 saturated heterocycles. The van der Waals surface area contributed by atoms with Crippen LogP contribution in [0.4, 0.5) is 10.8 Å². The average Bonchev–Trinajstić information content (AvgIpc) is 3.06. The van der Waals surface area contributed by atoms with Gasteiger partial charge in [-0.1, -0.05) is 6.92 Å². The molecule has 2 aliphatic rings. The van der Waals surface area contributed by atoms with Gasteiger partial charge in [-0.2, -0.15) is 9.64 Å². The van der Waals surface area contributed by atoms with Gasteiger partial charge in [0.15, 0.2) is 5.82 Å². The van der Waals surface area contributed by atoms with Crippen molar-refractivity contribution in [2.24, 2.45) is 0 Å². The van der Waals surface area contributed by atoms with Crippen molar-refractivity contribution in [3.8, 4) is 6.07 Å². The average molecular weight is 353 g/mol. The summed E-state index contributed by atoms with van der Waals surface area (Å²) in [6.45, 7) is 2.99. The highest BCUT2D eigenvalue weighted by atomic mass is 32.1. The van der Waals surface area contributed by atoms with Gasteiger partial charge in [-0.25, -0.2) is 4.98 Å². The van der Waals surface area contributed by atoms with Crippen molar-refractivity contribution in [2.75, 3.05) is 16.8 Å². The monoisotopic (exact) mass is 353 g/mol. The van der Waals surface area contributed by atoms with Crippen molar-refractivity contribution in [2.45, 2.75) is 44.1 Å². The van der Waals surface area contributed by atoms with Crippen molar-refractivity contribution in [1.82, 2.24) is 9.36 Å². The molecular weight excluding hydrogens is 334 g/mol. The minimum atomic E-state index is -0.211. The van der Waals surface area contributed by atoms with Gasteiger partial charge >= 0.3 is 0 Å². The Kier molecular flexibility index (Phi) is 3.92. The highest BCUT2D eigenvalue weighted by molar-refractivity contribution is 7.09. The third-order valence-corrected chi connectivity index (χ3v) is 5.71. The van der Waals surface area contributed by atoms with Crippen LogP contribution in [-0.4, -0.2) is 27.9 Å². The van der Waals surface area contributed by atoms with Crippen molar-refractivity contribution in [3.05, 3.63) is 35.7 Å². The third-order valence-electron chi connectivity index (χ3n) is 5.08. The fourth-order valence-electron chi connectivity index (χ4n) is 3.19. The predicted octanol–water partition coefficient (Wildman–Crippen LogP) is 3.07. The molecule has 0 radical (unpaired) electrons. The highest BCUT2D eigenvalue weighted by Gasteiger charge is 2.43. The minimum Gasteiger partial charge on any atom is -0.360 e. The summed E-state index contributed by atoms with van der Waals surface area (Å²) in [4.78, 5) is 19.3. The standard InChI is InChI=1S/C18H19N5OS/c1-18(8-9-18)16-21-17(25-22-16)20-15(24)14-3-2-10-23(14)13-6-4-12(11-19)5-7-13/h4-7,14H,2-3,8-10H2,1H3,(H,20,21,22,24)/t14-/m0/s1. The van der Waals surface area contributed by atoms with Gasteiger partial charge in [0, 0.05) is 29.2 Å². The maximum Gasteiger partial charge on any atom is 0.248 e. The van der Waals surface area contributed by atoms with Gasteiger partial charge in [-0.05, 0) is 49.9 Å². The van der Waals surface area contributed by atoms with Gasteiger partial charge in [0.25, 0.3) is 0 Å². The molecule has 1 aliphatic heterocycles. The van der Waals surface area contributed by atoms with Crippen molar-refractivity contribution in [3.63, 3.8) is 0 Å². The van der Waals surface area contributed by atoms with E-state index in [1.165, 1.54) is 11.5 Å². The lowest BCUT2D eigenvalue weighted by Gasteiger charge is -2.25. The molecule has 2 aromatic rings. The Labute approximate surface area is 150 Å². The van der Waals surface area contributed by atoms with Crippen LogP contribution in [0.25, 0.3) is 0 Å². The third kappa shape index (κ3) is 3.10. The molecule has 2 fully saturated rings. The van der Waals surface area contributed by atoms with Crippen LogP contribution in [-0.2, 0) is 10.2 Å². The fourth-order valence-corrected chi connectivity index (χ4v) is 3.90. The molecular formula is C18H19N5OS. The molecule has 1 amide bonds. The summed E-state index contributed by atoms with van der Waals surface area (Å²) >= 11 is 1.26. The molecule has 1 atom stereocenters. The van der Waals surface area contributed by atoms with Crippen LogP contribution in [0.5, 0.6) is 0 Å². The number of hydrogen-bond donors (Lipinski definition) is 1. The van der Waals surface area contributed by atoms with Gasteiger partial charge in [-0.3, -0.25) is 10.1 Å². The Balaban J connectivity index is 1.46. The van der Waals surface area contributed by atoms with Crippen LogP contribution >= 0.6 is 11.5 Å².